The van der Waals surface area contributed by atoms with E-state index in [9.17, 15) is 4.79 Å². The molecule has 1 aromatic heterocycles. The molecule has 0 bridgehead atoms. The van der Waals surface area contributed by atoms with Gasteiger partial charge in [-0.05, 0) is 12.1 Å². The van der Waals surface area contributed by atoms with E-state index in [1.165, 1.54) is 0 Å². The summed E-state index contributed by atoms with van der Waals surface area (Å²) in [5.41, 5.74) is 5.57. The zero-order valence-corrected chi connectivity index (χ0v) is 9.75. The van der Waals surface area contributed by atoms with Crippen LogP contribution in [-0.4, -0.2) is 22.9 Å². The maximum absolute atomic E-state index is 11.2. The average Bonchev–Trinajstić information content (AvgIpc) is 2.39. The van der Waals surface area contributed by atoms with Crippen molar-refractivity contribution in [2.24, 2.45) is 5.73 Å². The Morgan fingerprint density at radius 2 is 2.11 bits per heavy atom. The summed E-state index contributed by atoms with van der Waals surface area (Å²) in [5.74, 6) is 0.589. The smallest absolute Gasteiger partial charge is 0.252 e. The molecule has 0 radical (unpaired) electrons. The third-order valence-electron chi connectivity index (χ3n) is 2.22. The second kappa shape index (κ2) is 5.13. The number of benzene rings is 1. The monoisotopic (exact) mass is 244 g/mol. The molecule has 92 valence electrons. The van der Waals surface area contributed by atoms with Gasteiger partial charge in [-0.15, -0.1) is 0 Å². The molecule has 0 saturated heterocycles. The lowest BCUT2D eigenvalue weighted by molar-refractivity contribution is 0.0998. The maximum atomic E-state index is 11.2. The highest BCUT2D eigenvalue weighted by Gasteiger charge is 2.10. The summed E-state index contributed by atoms with van der Waals surface area (Å²) < 4.78 is 5.52. The number of carbonyl (C=O) groups excluding carboxylic acids is 1. The van der Waals surface area contributed by atoms with Crippen molar-refractivity contribution in [2.45, 2.75) is 0 Å². The van der Waals surface area contributed by atoms with Gasteiger partial charge in [-0.3, -0.25) is 4.79 Å². The molecule has 0 fully saturated rings. The number of nitrogens with two attached hydrogens (primary N) is 1. The van der Waals surface area contributed by atoms with Crippen molar-refractivity contribution in [2.75, 3.05) is 12.4 Å². The zero-order chi connectivity index (χ0) is 13.0. The van der Waals surface area contributed by atoms with Crippen molar-refractivity contribution in [1.29, 1.82) is 0 Å². The van der Waals surface area contributed by atoms with E-state index in [1.54, 1.807) is 43.6 Å². The van der Waals surface area contributed by atoms with Gasteiger partial charge in [0, 0.05) is 19.3 Å². The second-order valence-electron chi connectivity index (χ2n) is 3.43. The van der Waals surface area contributed by atoms with Crippen LogP contribution in [0.2, 0.25) is 0 Å². The number of nitrogens with one attached hydrogen (secondary N) is 1. The number of hydrogen-bond acceptors (Lipinski definition) is 5. The lowest BCUT2D eigenvalue weighted by atomic mass is 10.2. The molecule has 2 rings (SSSR count). The SMILES string of the molecule is CNc1nccc(Oc2ccccc2C(N)=O)n1. The van der Waals surface area contributed by atoms with E-state index >= 15 is 0 Å². The summed E-state index contributed by atoms with van der Waals surface area (Å²) in [6.07, 6.45) is 1.56. The van der Waals surface area contributed by atoms with Crippen molar-refractivity contribution >= 4 is 11.9 Å². The van der Waals surface area contributed by atoms with E-state index < -0.39 is 5.91 Å². The van der Waals surface area contributed by atoms with Gasteiger partial charge in [0.05, 0.1) is 5.56 Å². The fraction of sp³-hybridized carbons (Fsp3) is 0.0833. The van der Waals surface area contributed by atoms with Gasteiger partial charge in [0.2, 0.25) is 11.8 Å². The highest BCUT2D eigenvalue weighted by molar-refractivity contribution is 5.95. The molecule has 0 unspecified atom stereocenters. The van der Waals surface area contributed by atoms with Gasteiger partial charge in [0.15, 0.2) is 0 Å². The maximum Gasteiger partial charge on any atom is 0.252 e. The van der Waals surface area contributed by atoms with Gasteiger partial charge in [-0.2, -0.15) is 4.98 Å². The standard InChI is InChI=1S/C12H12N4O2/c1-14-12-15-7-6-10(16-12)18-9-5-3-2-4-8(9)11(13)17/h2-7H,1H3,(H2,13,17)(H,14,15,16). The highest BCUT2D eigenvalue weighted by Crippen LogP contribution is 2.23. The Hall–Kier alpha value is -2.63. The van der Waals surface area contributed by atoms with Crippen LogP contribution in [0.3, 0.4) is 0 Å². The van der Waals surface area contributed by atoms with Crippen LogP contribution >= 0.6 is 0 Å². The summed E-state index contributed by atoms with van der Waals surface area (Å²) >= 11 is 0. The molecule has 3 N–H and O–H groups in total. The van der Waals surface area contributed by atoms with Crippen molar-refractivity contribution in [3.05, 3.63) is 42.1 Å². The summed E-state index contributed by atoms with van der Waals surface area (Å²) in [6.45, 7) is 0. The summed E-state index contributed by atoms with van der Waals surface area (Å²) in [7, 11) is 1.70. The van der Waals surface area contributed by atoms with Gasteiger partial charge in [-0.1, -0.05) is 12.1 Å². The topological polar surface area (TPSA) is 90.1 Å². The fourth-order valence-corrected chi connectivity index (χ4v) is 1.39. The number of primary amides is 1. The number of nitrogens with zero attached hydrogens (tertiary/aromatic N) is 2. The Morgan fingerprint density at radius 3 is 2.83 bits per heavy atom. The molecule has 1 heterocycles. The molecular formula is C12H12N4O2. The molecule has 6 nitrogen and oxygen atoms in total. The molecule has 0 aliphatic carbocycles. The molecule has 1 amide bonds. The number of ether oxygens (including phenoxy) is 1. The molecule has 18 heavy (non-hydrogen) atoms. The van der Waals surface area contributed by atoms with Crippen LogP contribution < -0.4 is 15.8 Å². The predicted octanol–water partition coefficient (Wildman–Crippen LogP) is 1.41. The van der Waals surface area contributed by atoms with Gasteiger partial charge >= 0.3 is 0 Å². The normalized spacial score (nSPS) is 9.83. The van der Waals surface area contributed by atoms with Gasteiger partial charge in [-0.25, -0.2) is 4.98 Å². The van der Waals surface area contributed by atoms with Crippen LogP contribution in [0.5, 0.6) is 11.6 Å². The van der Waals surface area contributed by atoms with Crippen LogP contribution in [0.4, 0.5) is 5.95 Å². The summed E-state index contributed by atoms with van der Waals surface area (Å²) in [6, 6.07) is 8.31. The molecule has 2 aromatic rings. The molecule has 0 spiro atoms. The number of hydrogen-bond donors (Lipinski definition) is 2. The van der Waals surface area contributed by atoms with Crippen molar-refractivity contribution in [1.82, 2.24) is 9.97 Å². The molecule has 0 aliphatic rings. The van der Waals surface area contributed by atoms with Crippen LogP contribution in [0.15, 0.2) is 36.5 Å². The molecule has 1 aromatic carbocycles. The van der Waals surface area contributed by atoms with Gasteiger partial charge in [0.1, 0.15) is 5.75 Å². The second-order valence-corrected chi connectivity index (χ2v) is 3.43. The van der Waals surface area contributed by atoms with Gasteiger partial charge < -0.3 is 15.8 Å². The predicted molar refractivity (Wildman–Crippen MR) is 66.6 cm³/mol. The Labute approximate surface area is 104 Å². The van der Waals surface area contributed by atoms with Crippen LogP contribution in [-0.2, 0) is 0 Å². The van der Waals surface area contributed by atoms with E-state index in [4.69, 9.17) is 10.5 Å². The minimum absolute atomic E-state index is 0.308. The first kappa shape index (κ1) is 11.8. The number of amides is 1. The molecule has 0 atom stereocenters. The first-order valence-corrected chi connectivity index (χ1v) is 5.28. The van der Waals surface area contributed by atoms with Crippen LogP contribution in [0.1, 0.15) is 10.4 Å². The Kier molecular flexibility index (Phi) is 3.38. The minimum Gasteiger partial charge on any atom is -0.438 e. The van der Waals surface area contributed by atoms with Crippen LogP contribution in [0, 0.1) is 0 Å². The van der Waals surface area contributed by atoms with Crippen LogP contribution in [0.25, 0.3) is 0 Å². The van der Waals surface area contributed by atoms with E-state index in [0.717, 1.165) is 0 Å². The Bertz CT molecular complexity index is 572. The first-order chi connectivity index (χ1) is 8.70. The lowest BCUT2D eigenvalue weighted by Gasteiger charge is -2.08. The Morgan fingerprint density at radius 1 is 1.33 bits per heavy atom. The third kappa shape index (κ3) is 2.54. The number of carbonyl (C=O) groups is 1. The molecule has 0 aliphatic heterocycles. The van der Waals surface area contributed by atoms with E-state index in [2.05, 4.69) is 15.3 Å². The van der Waals surface area contributed by atoms with Gasteiger partial charge in [0.25, 0.3) is 5.91 Å². The number of anilines is 1. The molecular weight excluding hydrogens is 232 g/mol. The largest absolute Gasteiger partial charge is 0.438 e. The fourth-order valence-electron chi connectivity index (χ4n) is 1.39. The van der Waals surface area contributed by atoms with E-state index in [-0.39, 0.29) is 0 Å². The number of aromatic nitrogens is 2. The summed E-state index contributed by atoms with van der Waals surface area (Å²) in [4.78, 5) is 19.3. The van der Waals surface area contributed by atoms with Crippen molar-refractivity contribution in [3.63, 3.8) is 0 Å². The van der Waals surface area contributed by atoms with Crippen molar-refractivity contribution < 1.29 is 9.53 Å². The number of rotatable bonds is 4. The minimum atomic E-state index is -0.548. The summed E-state index contributed by atoms with van der Waals surface area (Å²) in [5, 5.41) is 2.80. The highest BCUT2D eigenvalue weighted by atomic mass is 16.5. The molecule has 0 saturated carbocycles. The zero-order valence-electron chi connectivity index (χ0n) is 9.75. The first-order valence-electron chi connectivity index (χ1n) is 5.28. The van der Waals surface area contributed by atoms with E-state index in [0.29, 0.717) is 23.1 Å². The quantitative estimate of drug-likeness (QED) is 0.848. The van der Waals surface area contributed by atoms with E-state index in [1.807, 2.05) is 0 Å². The van der Waals surface area contributed by atoms with Crippen molar-refractivity contribution in [3.8, 4) is 11.6 Å². The average molecular weight is 244 g/mol. The third-order valence-corrected chi connectivity index (χ3v) is 2.22. The molecule has 6 heteroatoms. The number of para-hydroxylation sites is 1. The Balaban J connectivity index is 2.31. The lowest BCUT2D eigenvalue weighted by Crippen LogP contribution is -2.12.